The van der Waals surface area contributed by atoms with E-state index < -0.39 is 0 Å². The van der Waals surface area contributed by atoms with Gasteiger partial charge < -0.3 is 15.0 Å². The summed E-state index contributed by atoms with van der Waals surface area (Å²) in [5.41, 5.74) is 2.52. The molecule has 2 heterocycles. The van der Waals surface area contributed by atoms with Crippen molar-refractivity contribution in [2.24, 2.45) is 0 Å². The molecule has 0 saturated carbocycles. The molecule has 0 spiro atoms. The molecule has 6 heteroatoms. The molecule has 2 aromatic rings. The number of thiophene rings is 1. The lowest BCUT2D eigenvalue weighted by Gasteiger charge is -2.32. The molecule has 0 saturated heterocycles. The van der Waals surface area contributed by atoms with Gasteiger partial charge in [-0.15, -0.1) is 11.3 Å². The van der Waals surface area contributed by atoms with Crippen LogP contribution in [-0.4, -0.2) is 32.1 Å². The highest BCUT2D eigenvalue weighted by Gasteiger charge is 2.24. The number of esters is 1. The number of fused-ring (bicyclic) bond motifs is 1. The van der Waals surface area contributed by atoms with Gasteiger partial charge in [0.05, 0.1) is 25.3 Å². The Labute approximate surface area is 151 Å². The molecule has 1 aliphatic heterocycles. The third kappa shape index (κ3) is 3.85. The van der Waals surface area contributed by atoms with Crippen molar-refractivity contribution >= 4 is 28.9 Å². The fourth-order valence-electron chi connectivity index (χ4n) is 3.24. The molecule has 5 nitrogen and oxygen atoms in total. The molecule has 0 fully saturated rings. The molecule has 1 N–H and O–H groups in total. The molecule has 3 rings (SSSR count). The molecule has 0 aliphatic carbocycles. The zero-order chi connectivity index (χ0) is 17.8. The van der Waals surface area contributed by atoms with Crippen LogP contribution in [0.2, 0.25) is 0 Å². The Morgan fingerprint density at radius 2 is 2.16 bits per heavy atom. The predicted molar refractivity (Wildman–Crippen MR) is 99.2 cm³/mol. The number of methoxy groups -OCH3 is 1. The van der Waals surface area contributed by atoms with Crippen molar-refractivity contribution in [3.05, 3.63) is 51.7 Å². The van der Waals surface area contributed by atoms with Gasteiger partial charge in [-0.2, -0.15) is 0 Å². The van der Waals surface area contributed by atoms with Gasteiger partial charge in [-0.25, -0.2) is 4.79 Å². The van der Waals surface area contributed by atoms with E-state index in [1.807, 2.05) is 41.5 Å². The minimum Gasteiger partial charge on any atom is -0.465 e. The molecule has 0 bridgehead atoms. The normalized spacial score (nSPS) is 14.6. The topological polar surface area (TPSA) is 58.6 Å². The Bertz CT molecular complexity index is 758. The molecule has 1 aromatic carbocycles. The van der Waals surface area contributed by atoms with Crippen molar-refractivity contribution in [1.82, 2.24) is 5.32 Å². The van der Waals surface area contributed by atoms with Gasteiger partial charge in [0.1, 0.15) is 0 Å². The summed E-state index contributed by atoms with van der Waals surface area (Å²) in [6.45, 7) is 3.08. The maximum Gasteiger partial charge on any atom is 0.338 e. The maximum atomic E-state index is 12.5. The smallest absolute Gasteiger partial charge is 0.338 e. The van der Waals surface area contributed by atoms with E-state index in [2.05, 4.69) is 5.32 Å². The number of benzene rings is 1. The fraction of sp³-hybridized carbons (Fsp3) is 0.368. The fourth-order valence-corrected chi connectivity index (χ4v) is 3.97. The van der Waals surface area contributed by atoms with Crippen molar-refractivity contribution in [2.45, 2.75) is 25.8 Å². The largest absolute Gasteiger partial charge is 0.465 e. The summed E-state index contributed by atoms with van der Waals surface area (Å²) < 4.78 is 4.88. The Hall–Kier alpha value is -2.34. The van der Waals surface area contributed by atoms with E-state index in [0.29, 0.717) is 5.56 Å². The third-order valence-electron chi connectivity index (χ3n) is 4.43. The SMILES string of the molecule is COC(=O)c1cccc2c1CCCN2CC(=O)NC(C)c1cccs1. The molecular formula is C19H22N2O3S. The number of ether oxygens (including phenoxy) is 1. The summed E-state index contributed by atoms with van der Waals surface area (Å²) in [4.78, 5) is 27.6. The van der Waals surface area contributed by atoms with Crippen molar-refractivity contribution in [3.63, 3.8) is 0 Å². The zero-order valence-electron chi connectivity index (χ0n) is 14.5. The second-order valence-corrected chi connectivity index (χ2v) is 7.10. The quantitative estimate of drug-likeness (QED) is 0.834. The summed E-state index contributed by atoms with van der Waals surface area (Å²) in [6.07, 6.45) is 1.74. The van der Waals surface area contributed by atoms with Crippen LogP contribution in [-0.2, 0) is 16.0 Å². The third-order valence-corrected chi connectivity index (χ3v) is 5.49. The second kappa shape index (κ2) is 7.70. The molecular weight excluding hydrogens is 336 g/mol. The summed E-state index contributed by atoms with van der Waals surface area (Å²) in [5, 5.41) is 5.05. The van der Waals surface area contributed by atoms with Crippen molar-refractivity contribution in [3.8, 4) is 0 Å². The predicted octanol–water partition coefficient (Wildman–Crippen LogP) is 3.16. The summed E-state index contributed by atoms with van der Waals surface area (Å²) in [7, 11) is 1.39. The Kier molecular flexibility index (Phi) is 5.38. The zero-order valence-corrected chi connectivity index (χ0v) is 15.3. The van der Waals surface area contributed by atoms with Crippen LogP contribution in [0.4, 0.5) is 5.69 Å². The van der Waals surface area contributed by atoms with Crippen LogP contribution in [0.3, 0.4) is 0 Å². The Balaban J connectivity index is 1.73. The van der Waals surface area contributed by atoms with Gasteiger partial charge in [-0.05, 0) is 48.9 Å². The first-order chi connectivity index (χ1) is 12.1. The van der Waals surface area contributed by atoms with Crippen LogP contribution in [0.1, 0.15) is 40.2 Å². The summed E-state index contributed by atoms with van der Waals surface area (Å²) in [6, 6.07) is 9.60. The van der Waals surface area contributed by atoms with Crippen LogP contribution >= 0.6 is 11.3 Å². The first kappa shape index (κ1) is 17.5. The van der Waals surface area contributed by atoms with Gasteiger partial charge in [0, 0.05) is 17.1 Å². The lowest BCUT2D eigenvalue weighted by atomic mass is 9.96. The highest BCUT2D eigenvalue weighted by Crippen LogP contribution is 2.30. The molecule has 1 aliphatic rings. The number of rotatable bonds is 5. The van der Waals surface area contributed by atoms with E-state index in [1.165, 1.54) is 7.11 Å². The summed E-state index contributed by atoms with van der Waals surface area (Å²) in [5.74, 6) is -0.341. The first-order valence-corrected chi connectivity index (χ1v) is 9.26. The lowest BCUT2D eigenvalue weighted by Crippen LogP contribution is -2.40. The van der Waals surface area contributed by atoms with Crippen LogP contribution in [0.15, 0.2) is 35.7 Å². The van der Waals surface area contributed by atoms with Crippen molar-refractivity contribution in [1.29, 1.82) is 0 Å². The molecule has 1 unspecified atom stereocenters. The highest BCUT2D eigenvalue weighted by atomic mass is 32.1. The van der Waals surface area contributed by atoms with E-state index in [4.69, 9.17) is 4.74 Å². The van der Waals surface area contributed by atoms with Crippen molar-refractivity contribution < 1.29 is 14.3 Å². The minimum atomic E-state index is -0.325. The van der Waals surface area contributed by atoms with Crippen LogP contribution < -0.4 is 10.2 Å². The van der Waals surface area contributed by atoms with Gasteiger partial charge in [-0.1, -0.05) is 12.1 Å². The number of anilines is 1. The van der Waals surface area contributed by atoms with E-state index in [-0.39, 0.29) is 24.5 Å². The molecule has 132 valence electrons. The molecule has 25 heavy (non-hydrogen) atoms. The molecule has 1 aromatic heterocycles. The van der Waals surface area contributed by atoms with E-state index in [1.54, 1.807) is 17.4 Å². The Morgan fingerprint density at radius 1 is 1.32 bits per heavy atom. The highest BCUT2D eigenvalue weighted by molar-refractivity contribution is 7.10. The number of nitrogens with one attached hydrogen (secondary N) is 1. The van der Waals surface area contributed by atoms with E-state index in [9.17, 15) is 9.59 Å². The monoisotopic (exact) mass is 358 g/mol. The van der Waals surface area contributed by atoms with Crippen LogP contribution in [0, 0.1) is 0 Å². The van der Waals surface area contributed by atoms with Crippen LogP contribution in [0.25, 0.3) is 0 Å². The van der Waals surface area contributed by atoms with Gasteiger partial charge in [0.15, 0.2) is 0 Å². The molecule has 1 amide bonds. The number of amides is 1. The van der Waals surface area contributed by atoms with Crippen LogP contribution in [0.5, 0.6) is 0 Å². The second-order valence-electron chi connectivity index (χ2n) is 6.12. The number of carbonyl (C=O) groups is 2. The van der Waals surface area contributed by atoms with Crippen molar-refractivity contribution in [2.75, 3.05) is 25.1 Å². The summed E-state index contributed by atoms with van der Waals surface area (Å²) >= 11 is 1.64. The minimum absolute atomic E-state index is 0.00170. The number of nitrogens with zero attached hydrogens (tertiary/aromatic N) is 1. The maximum absolute atomic E-state index is 12.5. The average Bonchev–Trinajstić information content (AvgIpc) is 3.15. The van der Waals surface area contributed by atoms with Gasteiger partial charge in [0.2, 0.25) is 5.91 Å². The number of hydrogen-bond donors (Lipinski definition) is 1. The Morgan fingerprint density at radius 3 is 2.88 bits per heavy atom. The average molecular weight is 358 g/mol. The van der Waals surface area contributed by atoms with Gasteiger partial charge >= 0.3 is 5.97 Å². The number of carbonyl (C=O) groups excluding carboxylic acids is 2. The van der Waals surface area contributed by atoms with Gasteiger partial charge in [-0.3, -0.25) is 4.79 Å². The van der Waals surface area contributed by atoms with E-state index >= 15 is 0 Å². The standard InChI is InChI=1S/C19H22N2O3S/c1-13(17-9-5-11-25-17)20-18(22)12-21-10-4-7-14-15(19(23)24-2)6-3-8-16(14)21/h3,5-6,8-9,11,13H,4,7,10,12H2,1-2H3,(H,20,22). The number of hydrogen-bond acceptors (Lipinski definition) is 5. The molecule has 0 radical (unpaired) electrons. The first-order valence-electron chi connectivity index (χ1n) is 8.38. The van der Waals surface area contributed by atoms with Gasteiger partial charge in [0.25, 0.3) is 0 Å². The lowest BCUT2D eigenvalue weighted by molar-refractivity contribution is -0.120. The van der Waals surface area contributed by atoms with E-state index in [0.717, 1.165) is 35.5 Å². The molecule has 1 atom stereocenters.